The van der Waals surface area contributed by atoms with Gasteiger partial charge in [-0.1, -0.05) is 6.07 Å². The van der Waals surface area contributed by atoms with E-state index < -0.39 is 11.9 Å². The molecule has 0 bridgehead atoms. The van der Waals surface area contributed by atoms with Crippen molar-refractivity contribution in [3.8, 4) is 17.6 Å². The smallest absolute Gasteiger partial charge is 0.166 e. The van der Waals surface area contributed by atoms with E-state index in [1.807, 2.05) is 6.07 Å². The Morgan fingerprint density at radius 3 is 2.42 bits per heavy atom. The minimum Gasteiger partial charge on any atom is -0.454 e. The molecular weight excluding hydrogens is 245 g/mol. The van der Waals surface area contributed by atoms with Gasteiger partial charge in [0.1, 0.15) is 5.75 Å². The van der Waals surface area contributed by atoms with E-state index in [0.717, 1.165) is 0 Å². The molecule has 19 heavy (non-hydrogen) atoms. The predicted octanol–water partition coefficient (Wildman–Crippen LogP) is 3.54. The molecule has 2 aromatic rings. The minimum atomic E-state index is -0.724. The highest BCUT2D eigenvalue weighted by atomic mass is 19.1. The van der Waals surface area contributed by atoms with Crippen LogP contribution in [0.15, 0.2) is 42.5 Å². The molecule has 0 aromatic heterocycles. The second kappa shape index (κ2) is 5.51. The van der Waals surface area contributed by atoms with E-state index in [9.17, 15) is 9.50 Å². The number of rotatable bonds is 3. The summed E-state index contributed by atoms with van der Waals surface area (Å²) in [5.74, 6) is -0.0143. The van der Waals surface area contributed by atoms with E-state index >= 15 is 0 Å². The standard InChI is InChI=1S/C15H12FNO2/c1-10(18)12-4-7-15(14(16)8-12)19-13-5-2-11(9-17)3-6-13/h2-8,10,18H,1H3/t10-/m1/s1. The molecule has 0 aliphatic carbocycles. The highest BCUT2D eigenvalue weighted by Crippen LogP contribution is 2.27. The molecule has 0 saturated carbocycles. The van der Waals surface area contributed by atoms with Gasteiger partial charge in [0.15, 0.2) is 11.6 Å². The molecule has 0 aliphatic heterocycles. The van der Waals surface area contributed by atoms with Gasteiger partial charge in [-0.15, -0.1) is 0 Å². The number of aliphatic hydroxyl groups excluding tert-OH is 1. The van der Waals surface area contributed by atoms with Crippen LogP contribution in [0, 0.1) is 17.1 Å². The lowest BCUT2D eigenvalue weighted by Gasteiger charge is -2.09. The Balaban J connectivity index is 2.21. The van der Waals surface area contributed by atoms with Crippen LogP contribution in [0.4, 0.5) is 4.39 Å². The van der Waals surface area contributed by atoms with Crippen LogP contribution < -0.4 is 4.74 Å². The van der Waals surface area contributed by atoms with Crippen molar-refractivity contribution in [2.24, 2.45) is 0 Å². The topological polar surface area (TPSA) is 53.2 Å². The van der Waals surface area contributed by atoms with Gasteiger partial charge in [0.2, 0.25) is 0 Å². The Morgan fingerprint density at radius 2 is 1.89 bits per heavy atom. The fourth-order valence-electron chi connectivity index (χ4n) is 1.58. The van der Waals surface area contributed by atoms with E-state index in [4.69, 9.17) is 10.00 Å². The minimum absolute atomic E-state index is 0.0779. The molecule has 0 fully saturated rings. The highest BCUT2D eigenvalue weighted by Gasteiger charge is 2.08. The van der Waals surface area contributed by atoms with E-state index in [1.54, 1.807) is 37.3 Å². The maximum atomic E-state index is 13.8. The van der Waals surface area contributed by atoms with Crippen molar-refractivity contribution in [1.29, 1.82) is 5.26 Å². The zero-order valence-electron chi connectivity index (χ0n) is 10.3. The van der Waals surface area contributed by atoms with E-state index in [1.165, 1.54) is 12.1 Å². The number of ether oxygens (including phenoxy) is 1. The predicted molar refractivity (Wildman–Crippen MR) is 68.3 cm³/mol. The number of hydrogen-bond donors (Lipinski definition) is 1. The highest BCUT2D eigenvalue weighted by molar-refractivity contribution is 5.38. The zero-order chi connectivity index (χ0) is 13.8. The van der Waals surface area contributed by atoms with Gasteiger partial charge in [0.25, 0.3) is 0 Å². The quantitative estimate of drug-likeness (QED) is 0.914. The van der Waals surface area contributed by atoms with Crippen LogP contribution in [0.1, 0.15) is 24.2 Å². The summed E-state index contributed by atoms with van der Waals surface area (Å²) in [4.78, 5) is 0. The summed E-state index contributed by atoms with van der Waals surface area (Å²) in [6.45, 7) is 1.57. The largest absolute Gasteiger partial charge is 0.454 e. The fourth-order valence-corrected chi connectivity index (χ4v) is 1.58. The molecule has 0 amide bonds. The number of hydrogen-bond acceptors (Lipinski definition) is 3. The molecule has 3 nitrogen and oxygen atoms in total. The molecule has 2 rings (SSSR count). The van der Waals surface area contributed by atoms with Crippen LogP contribution in [-0.2, 0) is 0 Å². The first-order chi connectivity index (χ1) is 9.10. The number of nitriles is 1. The third-order valence-corrected chi connectivity index (χ3v) is 2.65. The van der Waals surface area contributed by atoms with Gasteiger partial charge in [0, 0.05) is 0 Å². The van der Waals surface area contributed by atoms with Gasteiger partial charge in [-0.2, -0.15) is 5.26 Å². The Kier molecular flexibility index (Phi) is 3.79. The van der Waals surface area contributed by atoms with E-state index in [0.29, 0.717) is 16.9 Å². The van der Waals surface area contributed by atoms with Crippen molar-refractivity contribution in [1.82, 2.24) is 0 Å². The lowest BCUT2D eigenvalue weighted by molar-refractivity contribution is 0.198. The molecule has 2 aromatic carbocycles. The fraction of sp³-hybridized carbons (Fsp3) is 0.133. The number of halogens is 1. The van der Waals surface area contributed by atoms with Crippen molar-refractivity contribution in [3.63, 3.8) is 0 Å². The average Bonchev–Trinajstić information content (AvgIpc) is 2.41. The third kappa shape index (κ3) is 3.09. The lowest BCUT2D eigenvalue weighted by Crippen LogP contribution is -1.94. The monoisotopic (exact) mass is 257 g/mol. The van der Waals surface area contributed by atoms with Crippen molar-refractivity contribution >= 4 is 0 Å². The number of benzene rings is 2. The van der Waals surface area contributed by atoms with E-state index in [2.05, 4.69) is 0 Å². The van der Waals surface area contributed by atoms with Crippen LogP contribution in [0.25, 0.3) is 0 Å². The van der Waals surface area contributed by atoms with Crippen LogP contribution in [-0.4, -0.2) is 5.11 Å². The van der Waals surface area contributed by atoms with Crippen molar-refractivity contribution in [2.45, 2.75) is 13.0 Å². The molecule has 4 heteroatoms. The third-order valence-electron chi connectivity index (χ3n) is 2.65. The maximum Gasteiger partial charge on any atom is 0.166 e. The second-order valence-corrected chi connectivity index (χ2v) is 4.10. The molecule has 0 heterocycles. The van der Waals surface area contributed by atoms with Crippen molar-refractivity contribution in [3.05, 3.63) is 59.4 Å². The molecule has 1 atom stereocenters. The summed E-state index contributed by atoms with van der Waals surface area (Å²) >= 11 is 0. The normalized spacial score (nSPS) is 11.7. The summed E-state index contributed by atoms with van der Waals surface area (Å²) in [7, 11) is 0. The SMILES string of the molecule is C[C@@H](O)c1ccc(Oc2ccc(C#N)cc2)c(F)c1. The van der Waals surface area contributed by atoms with Crippen LogP contribution >= 0.6 is 0 Å². The zero-order valence-corrected chi connectivity index (χ0v) is 10.3. The number of nitrogens with zero attached hydrogens (tertiary/aromatic N) is 1. The van der Waals surface area contributed by atoms with Crippen molar-refractivity contribution in [2.75, 3.05) is 0 Å². The Labute approximate surface area is 110 Å². The molecule has 0 radical (unpaired) electrons. The maximum absolute atomic E-state index is 13.8. The lowest BCUT2D eigenvalue weighted by atomic mass is 10.1. The van der Waals surface area contributed by atoms with Gasteiger partial charge >= 0.3 is 0 Å². The summed E-state index contributed by atoms with van der Waals surface area (Å²) in [5, 5.41) is 18.0. The Bertz CT molecular complexity index is 615. The summed E-state index contributed by atoms with van der Waals surface area (Å²) in [6, 6.07) is 12.7. The molecule has 96 valence electrons. The van der Waals surface area contributed by atoms with E-state index in [-0.39, 0.29) is 5.75 Å². The van der Waals surface area contributed by atoms with Gasteiger partial charge in [-0.3, -0.25) is 0 Å². The van der Waals surface area contributed by atoms with Gasteiger partial charge in [-0.25, -0.2) is 4.39 Å². The number of aliphatic hydroxyl groups is 1. The molecule has 0 saturated heterocycles. The Hall–Kier alpha value is -2.38. The summed E-state index contributed by atoms with van der Waals surface area (Å²) in [6.07, 6.45) is -0.724. The van der Waals surface area contributed by atoms with Gasteiger partial charge in [0.05, 0.1) is 17.7 Å². The summed E-state index contributed by atoms with van der Waals surface area (Å²) < 4.78 is 19.1. The first-order valence-corrected chi connectivity index (χ1v) is 5.75. The first kappa shape index (κ1) is 13.1. The van der Waals surface area contributed by atoms with Gasteiger partial charge < -0.3 is 9.84 Å². The molecular formula is C15H12FNO2. The molecule has 1 N–H and O–H groups in total. The molecule has 0 unspecified atom stereocenters. The average molecular weight is 257 g/mol. The molecule has 0 aliphatic rings. The first-order valence-electron chi connectivity index (χ1n) is 5.75. The van der Waals surface area contributed by atoms with Crippen molar-refractivity contribution < 1.29 is 14.2 Å². The summed E-state index contributed by atoms with van der Waals surface area (Å²) in [5.41, 5.74) is 1.00. The van der Waals surface area contributed by atoms with Crippen LogP contribution in [0.5, 0.6) is 11.5 Å². The van der Waals surface area contributed by atoms with Gasteiger partial charge in [-0.05, 0) is 48.9 Å². The second-order valence-electron chi connectivity index (χ2n) is 4.10. The molecule has 0 spiro atoms. The van der Waals surface area contributed by atoms with Crippen LogP contribution in [0.2, 0.25) is 0 Å². The van der Waals surface area contributed by atoms with Crippen LogP contribution in [0.3, 0.4) is 0 Å². The Morgan fingerprint density at radius 1 is 1.21 bits per heavy atom.